The molecule has 7 heteroatoms. The summed E-state index contributed by atoms with van der Waals surface area (Å²) in [5.74, 6) is 0. The van der Waals surface area contributed by atoms with Gasteiger partial charge >= 0.3 is 6.16 Å². The third-order valence-electron chi connectivity index (χ3n) is 2.83. The number of carbonyl (C=O) groups excluding carboxylic acids is 1. The normalized spacial score (nSPS) is 11.2. The molecule has 140 valence electrons. The molecule has 0 aromatic rings. The zero-order chi connectivity index (χ0) is 18.4. The van der Waals surface area contributed by atoms with Gasteiger partial charge in [-0.25, -0.2) is 4.79 Å². The summed E-state index contributed by atoms with van der Waals surface area (Å²) in [6, 6.07) is 0. The van der Waals surface area contributed by atoms with E-state index >= 15 is 0 Å². The van der Waals surface area contributed by atoms with E-state index in [1.54, 1.807) is 0 Å². The van der Waals surface area contributed by atoms with E-state index in [4.69, 9.17) is 29.2 Å². The van der Waals surface area contributed by atoms with Crippen LogP contribution in [0.15, 0.2) is 24.3 Å². The van der Waals surface area contributed by atoms with E-state index < -0.39 is 11.8 Å². The van der Waals surface area contributed by atoms with E-state index in [1.807, 2.05) is 13.8 Å². The third kappa shape index (κ3) is 11.2. The molecule has 0 amide bonds. The smallest absolute Gasteiger partial charge is 0.432 e. The fourth-order valence-corrected chi connectivity index (χ4v) is 2.25. The maximum atomic E-state index is 12.0. The standard InChI is InChI=1S/C17H30O7/c1-14(2)11-17(12-15(3)4,13-22-8-6-19)24-16(20)23-10-9-21-7-5-18/h18-19H,1,3,5-13H2,2,4H3. The number of carbonyl (C=O) groups is 1. The molecule has 0 aliphatic rings. The fraction of sp³-hybridized carbons (Fsp3) is 0.706. The van der Waals surface area contributed by atoms with Crippen LogP contribution in [-0.4, -0.2) is 68.2 Å². The highest BCUT2D eigenvalue weighted by Crippen LogP contribution is 2.29. The lowest BCUT2D eigenvalue weighted by Crippen LogP contribution is -2.41. The van der Waals surface area contributed by atoms with Crippen molar-refractivity contribution in [3.63, 3.8) is 0 Å². The molecule has 0 aliphatic carbocycles. The van der Waals surface area contributed by atoms with Crippen LogP contribution < -0.4 is 0 Å². The molecule has 0 aromatic heterocycles. The van der Waals surface area contributed by atoms with E-state index in [0.717, 1.165) is 11.1 Å². The van der Waals surface area contributed by atoms with Gasteiger partial charge in [0, 0.05) is 12.8 Å². The Morgan fingerprint density at radius 1 is 0.917 bits per heavy atom. The molecule has 24 heavy (non-hydrogen) atoms. The molecule has 0 saturated carbocycles. The SMILES string of the molecule is C=C(C)CC(COCCO)(CC(=C)C)OC(=O)OCCOCCO. The number of hydrogen-bond donors (Lipinski definition) is 2. The van der Waals surface area contributed by atoms with Gasteiger partial charge in [-0.05, 0) is 13.8 Å². The van der Waals surface area contributed by atoms with Gasteiger partial charge in [-0.15, -0.1) is 0 Å². The molecule has 7 nitrogen and oxygen atoms in total. The van der Waals surface area contributed by atoms with Gasteiger partial charge in [-0.1, -0.05) is 24.3 Å². The van der Waals surface area contributed by atoms with Gasteiger partial charge in [0.2, 0.25) is 0 Å². The first-order valence-corrected chi connectivity index (χ1v) is 7.87. The minimum atomic E-state index is -0.976. The molecule has 0 bridgehead atoms. The summed E-state index contributed by atoms with van der Waals surface area (Å²) in [5.41, 5.74) is 0.668. The second-order valence-electron chi connectivity index (χ2n) is 5.76. The van der Waals surface area contributed by atoms with Crippen molar-refractivity contribution in [2.24, 2.45) is 0 Å². The molecular weight excluding hydrogens is 316 g/mol. The summed E-state index contributed by atoms with van der Waals surface area (Å²) < 4.78 is 20.9. The van der Waals surface area contributed by atoms with Crippen LogP contribution in [0.2, 0.25) is 0 Å². The Hall–Kier alpha value is -1.41. The van der Waals surface area contributed by atoms with E-state index in [2.05, 4.69) is 13.2 Å². The molecule has 0 rings (SSSR count). The molecule has 0 atom stereocenters. The fourth-order valence-electron chi connectivity index (χ4n) is 2.25. The topological polar surface area (TPSA) is 94.5 Å². The van der Waals surface area contributed by atoms with Gasteiger partial charge < -0.3 is 29.2 Å². The largest absolute Gasteiger partial charge is 0.509 e. The minimum Gasteiger partial charge on any atom is -0.432 e. The first-order chi connectivity index (χ1) is 11.3. The van der Waals surface area contributed by atoms with Crippen LogP contribution in [0, 0.1) is 0 Å². The van der Waals surface area contributed by atoms with E-state index in [0.29, 0.717) is 12.8 Å². The first-order valence-electron chi connectivity index (χ1n) is 7.87. The maximum Gasteiger partial charge on any atom is 0.509 e. The van der Waals surface area contributed by atoms with Gasteiger partial charge in [0.25, 0.3) is 0 Å². The summed E-state index contributed by atoms with van der Waals surface area (Å²) in [7, 11) is 0. The molecule has 2 N–H and O–H groups in total. The number of aliphatic hydroxyl groups is 2. The predicted molar refractivity (Wildman–Crippen MR) is 89.8 cm³/mol. The Bertz CT molecular complexity index is 376. The van der Waals surface area contributed by atoms with Crippen LogP contribution in [0.3, 0.4) is 0 Å². The Balaban J connectivity index is 4.76. The van der Waals surface area contributed by atoms with E-state index in [-0.39, 0.29) is 46.2 Å². The van der Waals surface area contributed by atoms with Crippen LogP contribution in [0.25, 0.3) is 0 Å². The highest BCUT2D eigenvalue weighted by molar-refractivity contribution is 5.60. The number of ether oxygens (including phenoxy) is 4. The van der Waals surface area contributed by atoms with Crippen LogP contribution in [-0.2, 0) is 18.9 Å². The van der Waals surface area contributed by atoms with Crippen molar-refractivity contribution in [2.75, 3.05) is 46.2 Å². The monoisotopic (exact) mass is 346 g/mol. The van der Waals surface area contributed by atoms with Crippen molar-refractivity contribution in [1.29, 1.82) is 0 Å². The quantitative estimate of drug-likeness (QED) is 0.281. The molecule has 0 aliphatic heterocycles. The average Bonchev–Trinajstić information content (AvgIpc) is 2.45. The van der Waals surface area contributed by atoms with Crippen molar-refractivity contribution in [1.82, 2.24) is 0 Å². The predicted octanol–water partition coefficient (Wildman–Crippen LogP) is 1.83. The van der Waals surface area contributed by atoms with Gasteiger partial charge in [-0.3, -0.25) is 0 Å². The summed E-state index contributed by atoms with van der Waals surface area (Å²) in [6.07, 6.45) is -0.0549. The van der Waals surface area contributed by atoms with Crippen LogP contribution in [0.5, 0.6) is 0 Å². The van der Waals surface area contributed by atoms with Crippen molar-refractivity contribution in [2.45, 2.75) is 32.3 Å². The molecule has 0 saturated heterocycles. The van der Waals surface area contributed by atoms with Crippen molar-refractivity contribution in [3.8, 4) is 0 Å². The van der Waals surface area contributed by atoms with Gasteiger partial charge in [0.15, 0.2) is 0 Å². The number of aliphatic hydroxyl groups excluding tert-OH is 2. The zero-order valence-corrected chi connectivity index (χ0v) is 14.7. The van der Waals surface area contributed by atoms with Crippen molar-refractivity contribution in [3.05, 3.63) is 24.3 Å². The molecule has 0 radical (unpaired) electrons. The van der Waals surface area contributed by atoms with E-state index in [1.165, 1.54) is 0 Å². The number of hydrogen-bond acceptors (Lipinski definition) is 7. The Kier molecular flexibility index (Phi) is 12.2. The summed E-state index contributed by atoms with van der Waals surface area (Å²) in [4.78, 5) is 12.0. The Morgan fingerprint density at radius 2 is 1.46 bits per heavy atom. The van der Waals surface area contributed by atoms with Crippen molar-refractivity contribution >= 4 is 6.16 Å². The first kappa shape index (κ1) is 22.6. The summed E-state index contributed by atoms with van der Waals surface area (Å²) >= 11 is 0. The van der Waals surface area contributed by atoms with E-state index in [9.17, 15) is 4.79 Å². The lowest BCUT2D eigenvalue weighted by atomic mass is 9.90. The van der Waals surface area contributed by atoms with Crippen LogP contribution >= 0.6 is 0 Å². The second kappa shape index (κ2) is 12.9. The Morgan fingerprint density at radius 3 is 1.96 bits per heavy atom. The summed E-state index contributed by atoms with van der Waals surface area (Å²) in [6.45, 7) is 11.8. The van der Waals surface area contributed by atoms with Crippen molar-refractivity contribution < 1.29 is 34.0 Å². The highest BCUT2D eigenvalue weighted by atomic mass is 16.7. The zero-order valence-electron chi connectivity index (χ0n) is 14.7. The van der Waals surface area contributed by atoms with Crippen LogP contribution in [0.4, 0.5) is 4.79 Å². The average molecular weight is 346 g/mol. The highest BCUT2D eigenvalue weighted by Gasteiger charge is 2.36. The molecular formula is C17H30O7. The van der Waals surface area contributed by atoms with Crippen LogP contribution in [0.1, 0.15) is 26.7 Å². The molecule has 0 fully saturated rings. The van der Waals surface area contributed by atoms with Gasteiger partial charge in [-0.2, -0.15) is 0 Å². The molecule has 0 spiro atoms. The third-order valence-corrected chi connectivity index (χ3v) is 2.83. The minimum absolute atomic E-state index is 0.0204. The summed E-state index contributed by atoms with van der Waals surface area (Å²) in [5, 5.41) is 17.5. The molecule has 0 unspecified atom stereocenters. The number of rotatable bonds is 14. The lowest BCUT2D eigenvalue weighted by Gasteiger charge is -2.33. The maximum absolute atomic E-state index is 12.0. The van der Waals surface area contributed by atoms with Gasteiger partial charge in [0.1, 0.15) is 12.2 Å². The van der Waals surface area contributed by atoms with Gasteiger partial charge in [0.05, 0.1) is 39.6 Å². The molecule has 0 heterocycles. The molecule has 0 aromatic carbocycles. The second-order valence-corrected chi connectivity index (χ2v) is 5.76. The Labute approximate surface area is 143 Å². The lowest BCUT2D eigenvalue weighted by molar-refractivity contribution is -0.0867.